The quantitative estimate of drug-likeness (QED) is 0.411. The van der Waals surface area contributed by atoms with Crippen LogP contribution in [-0.2, 0) is 28.5 Å². The normalized spacial score (nSPS) is 24.7. The Kier molecular flexibility index (Phi) is 3.97. The van der Waals surface area contributed by atoms with E-state index in [2.05, 4.69) is 9.47 Å². The molecule has 0 bridgehead atoms. The topological polar surface area (TPSA) is 80.9 Å². The zero-order valence-electron chi connectivity index (χ0n) is 28.9. The molecule has 0 amide bonds. The highest BCUT2D eigenvalue weighted by Gasteiger charge is 2.52. The predicted octanol–water partition coefficient (Wildman–Crippen LogP) is 4.99. The van der Waals surface area contributed by atoms with E-state index in [0.717, 1.165) is 32.0 Å². The van der Waals surface area contributed by atoms with E-state index in [4.69, 9.17) is 12.3 Å². The van der Waals surface area contributed by atoms with E-state index in [1.165, 1.54) is 18.2 Å². The standard InChI is InChI=1S/C28H30F3NO5/c1-4-26(2,3)24-10-17-9-16(20(29)13-21(17)32(24)14-19(34)15-33)11-25(35)27(7-8-27)18-5-6-22-23(12-18)37-28(30,31)36-22/h5-6,9-10,12-13,19,33-34H,4,7-8,11,14-15H2,1-3H3/t19-/m1/s1/i2D3,4D2,14D2,15D2/t19-,26?. The van der Waals surface area contributed by atoms with Crippen molar-refractivity contribution in [2.24, 2.45) is 0 Å². The Morgan fingerprint density at radius 3 is 2.62 bits per heavy atom. The van der Waals surface area contributed by atoms with Gasteiger partial charge in [0.1, 0.15) is 11.6 Å². The van der Waals surface area contributed by atoms with Gasteiger partial charge in [0.15, 0.2) is 11.5 Å². The summed E-state index contributed by atoms with van der Waals surface area (Å²) in [7, 11) is 0. The number of carbonyl (C=O) groups excluding carboxylic acids is 1. The molecule has 37 heavy (non-hydrogen) atoms. The molecule has 6 nitrogen and oxygen atoms in total. The SMILES string of the molecule is [2H]C([2H])(O)[C@H](O)C([2H])([2H])n1c(C(C)(C([2H])([2H])[2H])C([2H])([2H])C)cc2cc(CC(=O)C3(c4ccc5c(c4)OC(F)(F)O5)CC3)c(F)cc21. The molecule has 0 spiro atoms. The van der Waals surface area contributed by atoms with Crippen molar-refractivity contribution in [3.05, 3.63) is 59.0 Å². The molecule has 1 fully saturated rings. The van der Waals surface area contributed by atoms with Gasteiger partial charge in [0.05, 0.1) is 35.6 Å². The van der Waals surface area contributed by atoms with Crippen LogP contribution in [0.15, 0.2) is 36.4 Å². The Labute approximate surface area is 225 Å². The van der Waals surface area contributed by atoms with Gasteiger partial charge in [-0.3, -0.25) is 4.79 Å². The highest BCUT2D eigenvalue weighted by atomic mass is 19.3. The van der Waals surface area contributed by atoms with E-state index in [9.17, 15) is 23.8 Å². The fourth-order valence-corrected chi connectivity index (χ4v) is 4.64. The molecular weight excluding hydrogens is 487 g/mol. The third-order valence-electron chi connectivity index (χ3n) is 6.94. The average molecular weight is 527 g/mol. The minimum absolute atomic E-state index is 0.0661. The molecule has 198 valence electrons. The lowest BCUT2D eigenvalue weighted by Gasteiger charge is -2.26. The summed E-state index contributed by atoms with van der Waals surface area (Å²) in [5, 5.41) is 20.3. The first-order chi connectivity index (χ1) is 20.8. The largest absolute Gasteiger partial charge is 0.586 e. The molecule has 0 saturated heterocycles. The van der Waals surface area contributed by atoms with Gasteiger partial charge < -0.3 is 24.3 Å². The summed E-state index contributed by atoms with van der Waals surface area (Å²) >= 11 is 0. The lowest BCUT2D eigenvalue weighted by molar-refractivity contribution is -0.286. The second kappa shape index (κ2) is 8.77. The molecule has 5 rings (SSSR count). The van der Waals surface area contributed by atoms with Gasteiger partial charge in [0, 0.05) is 29.8 Å². The molecule has 1 aliphatic carbocycles. The maximum Gasteiger partial charge on any atom is 0.586 e. The number of carbonyl (C=O) groups is 1. The first-order valence-corrected chi connectivity index (χ1v) is 11.5. The van der Waals surface area contributed by atoms with E-state index >= 15 is 4.39 Å². The van der Waals surface area contributed by atoms with E-state index in [-0.39, 0.29) is 22.4 Å². The smallest absolute Gasteiger partial charge is 0.395 e. The van der Waals surface area contributed by atoms with Crippen LogP contribution < -0.4 is 9.47 Å². The van der Waals surface area contributed by atoms with Gasteiger partial charge in [-0.1, -0.05) is 26.8 Å². The summed E-state index contributed by atoms with van der Waals surface area (Å²) in [6.07, 6.45) is -9.18. The number of alkyl halides is 2. The summed E-state index contributed by atoms with van der Waals surface area (Å²) in [5.74, 6) is -2.01. The number of fused-ring (bicyclic) bond motifs is 2. The molecule has 2 aliphatic rings. The lowest BCUT2D eigenvalue weighted by Crippen LogP contribution is -2.26. The van der Waals surface area contributed by atoms with Gasteiger partial charge in [0.2, 0.25) is 0 Å². The fourth-order valence-electron chi connectivity index (χ4n) is 4.64. The number of ether oxygens (including phenoxy) is 2. The number of aromatic nitrogens is 1. The Bertz CT molecular complexity index is 1710. The van der Waals surface area contributed by atoms with Gasteiger partial charge in [-0.2, -0.15) is 0 Å². The van der Waals surface area contributed by atoms with Crippen LogP contribution in [0.25, 0.3) is 10.9 Å². The van der Waals surface area contributed by atoms with Crippen LogP contribution >= 0.6 is 0 Å². The van der Waals surface area contributed by atoms with Gasteiger partial charge in [-0.15, -0.1) is 8.78 Å². The molecule has 2 atom stereocenters. The summed E-state index contributed by atoms with van der Waals surface area (Å²) in [6.45, 7) is -8.16. The number of nitrogens with zero attached hydrogens (tertiary/aromatic N) is 1. The molecule has 1 unspecified atom stereocenters. The van der Waals surface area contributed by atoms with Crippen molar-refractivity contribution in [1.82, 2.24) is 4.57 Å². The summed E-state index contributed by atoms with van der Waals surface area (Å²) in [4.78, 5) is 13.6. The second-order valence-electron chi connectivity index (χ2n) is 9.41. The summed E-state index contributed by atoms with van der Waals surface area (Å²) in [6, 6.07) is 6.89. The van der Waals surface area contributed by atoms with Crippen molar-refractivity contribution in [3.8, 4) is 11.5 Å². The number of hydrogen-bond acceptors (Lipinski definition) is 5. The van der Waals surface area contributed by atoms with E-state index in [0.29, 0.717) is 23.0 Å². The van der Waals surface area contributed by atoms with Crippen LogP contribution in [-0.4, -0.2) is 39.5 Å². The molecule has 0 radical (unpaired) electrons. The maximum absolute atomic E-state index is 15.8. The third kappa shape index (κ3) is 4.48. The Morgan fingerprint density at radius 1 is 1.24 bits per heavy atom. The first kappa shape index (κ1) is 16.7. The number of aliphatic hydroxyl groups is 2. The predicted molar refractivity (Wildman–Crippen MR) is 131 cm³/mol. The van der Waals surface area contributed by atoms with Crippen LogP contribution in [0.1, 0.15) is 69.1 Å². The molecule has 1 aliphatic heterocycles. The van der Waals surface area contributed by atoms with Gasteiger partial charge in [-0.25, -0.2) is 4.39 Å². The Morgan fingerprint density at radius 2 is 1.97 bits per heavy atom. The monoisotopic (exact) mass is 526 g/mol. The zero-order chi connectivity index (χ0) is 34.6. The highest BCUT2D eigenvalue weighted by Crippen LogP contribution is 2.52. The maximum atomic E-state index is 15.8. The zero-order valence-corrected chi connectivity index (χ0v) is 19.9. The van der Waals surface area contributed by atoms with Crippen molar-refractivity contribution >= 4 is 16.7 Å². The van der Waals surface area contributed by atoms with Crippen molar-refractivity contribution in [2.45, 2.75) is 76.1 Å². The van der Waals surface area contributed by atoms with Crippen LogP contribution in [0.5, 0.6) is 11.5 Å². The number of aliphatic hydroxyl groups excluding tert-OH is 1. The molecule has 3 aromatic rings. The molecule has 9 heteroatoms. The van der Waals surface area contributed by atoms with Gasteiger partial charge in [-0.05, 0) is 60.7 Å². The Balaban J connectivity index is 1.62. The van der Waals surface area contributed by atoms with Gasteiger partial charge >= 0.3 is 6.29 Å². The highest BCUT2D eigenvalue weighted by molar-refractivity contribution is 5.95. The van der Waals surface area contributed by atoms with Crippen LogP contribution in [0, 0.1) is 5.82 Å². The van der Waals surface area contributed by atoms with Crippen molar-refractivity contribution in [2.75, 3.05) is 6.56 Å². The second-order valence-corrected chi connectivity index (χ2v) is 9.41. The number of halogens is 3. The molecule has 2 aromatic carbocycles. The minimum atomic E-state index is -3.87. The third-order valence-corrected chi connectivity index (χ3v) is 6.94. The lowest BCUT2D eigenvalue weighted by atomic mass is 9.86. The van der Waals surface area contributed by atoms with Crippen molar-refractivity contribution in [3.63, 3.8) is 0 Å². The first-order valence-electron chi connectivity index (χ1n) is 16.0. The molecule has 1 aromatic heterocycles. The number of benzene rings is 2. The van der Waals surface area contributed by atoms with E-state index < -0.39 is 78.7 Å². The van der Waals surface area contributed by atoms with Crippen LogP contribution in [0.2, 0.25) is 0 Å². The Hall–Kier alpha value is -3.04. The molecule has 2 heterocycles. The minimum Gasteiger partial charge on any atom is -0.395 e. The van der Waals surface area contributed by atoms with E-state index in [1.807, 2.05) is 0 Å². The number of rotatable bonds is 9. The summed E-state index contributed by atoms with van der Waals surface area (Å²) in [5.41, 5.74) is -4.52. The fraction of sp³-hybridized carbons (Fsp3) is 0.464. The van der Waals surface area contributed by atoms with E-state index in [1.54, 1.807) is 0 Å². The molecular formula is C28H30F3NO5. The molecule has 2 N–H and O–H groups in total. The average Bonchev–Trinajstić information content (AvgIpc) is 3.53. The number of hydrogen-bond donors (Lipinski definition) is 2. The van der Waals surface area contributed by atoms with Crippen molar-refractivity contribution < 1.29 is 50.0 Å². The van der Waals surface area contributed by atoms with Gasteiger partial charge in [0.25, 0.3) is 0 Å². The van der Waals surface area contributed by atoms with Crippen LogP contribution in [0.4, 0.5) is 13.2 Å². The molecule has 1 saturated carbocycles. The van der Waals surface area contributed by atoms with Crippen molar-refractivity contribution in [1.29, 1.82) is 0 Å². The van der Waals surface area contributed by atoms with Crippen LogP contribution in [0.3, 0.4) is 0 Å². The number of ketones is 1. The summed E-state index contributed by atoms with van der Waals surface area (Å²) < 4.78 is 126. The number of Topliss-reactive ketones (excluding diaryl/α,β-unsaturated/α-hetero) is 1.